The maximum atomic E-state index is 12.0. The first-order chi connectivity index (χ1) is 7.86. The van der Waals surface area contributed by atoms with E-state index < -0.39 is 16.9 Å². The molecule has 1 aliphatic rings. The molecule has 1 aliphatic carbocycles. The Morgan fingerprint density at radius 2 is 1.71 bits per heavy atom. The van der Waals surface area contributed by atoms with Crippen molar-refractivity contribution in [3.63, 3.8) is 0 Å². The fourth-order valence-corrected chi connectivity index (χ4v) is 3.06. The van der Waals surface area contributed by atoms with Crippen LogP contribution in [0.1, 0.15) is 44.9 Å². The van der Waals surface area contributed by atoms with E-state index in [4.69, 9.17) is 0 Å². The van der Waals surface area contributed by atoms with Crippen molar-refractivity contribution in [3.8, 4) is 0 Å². The van der Waals surface area contributed by atoms with Crippen LogP contribution < -0.4 is 0 Å². The molecule has 1 fully saturated rings. The number of aliphatic carboxylic acids is 1. The molecule has 0 amide bonds. The molecule has 0 aliphatic heterocycles. The van der Waals surface area contributed by atoms with Gasteiger partial charge in [-0.05, 0) is 19.3 Å². The van der Waals surface area contributed by atoms with Crippen LogP contribution in [0.25, 0.3) is 0 Å². The lowest BCUT2D eigenvalue weighted by molar-refractivity contribution is -0.150. The van der Waals surface area contributed by atoms with E-state index in [0.29, 0.717) is 12.8 Å². The third-order valence-electron chi connectivity index (χ3n) is 3.36. The van der Waals surface area contributed by atoms with Gasteiger partial charge in [0.05, 0.1) is 5.41 Å². The second kappa shape index (κ2) is 5.98. The minimum Gasteiger partial charge on any atom is -0.481 e. The highest BCUT2D eigenvalue weighted by molar-refractivity contribution is 8.00. The highest BCUT2D eigenvalue weighted by Crippen LogP contribution is 2.41. The van der Waals surface area contributed by atoms with Gasteiger partial charge in [0.25, 0.3) is 0 Å². The SMILES string of the molecule is O=C(O)C1(CCSC(F)(F)F)CCCCCC1. The van der Waals surface area contributed by atoms with E-state index in [1.807, 2.05) is 0 Å². The first kappa shape index (κ1) is 14.7. The van der Waals surface area contributed by atoms with Gasteiger partial charge in [-0.1, -0.05) is 37.4 Å². The quantitative estimate of drug-likeness (QED) is 0.783. The molecule has 17 heavy (non-hydrogen) atoms. The molecule has 0 aromatic heterocycles. The van der Waals surface area contributed by atoms with Crippen LogP contribution in [-0.4, -0.2) is 22.3 Å². The van der Waals surface area contributed by atoms with E-state index in [0.717, 1.165) is 25.7 Å². The van der Waals surface area contributed by atoms with Crippen LogP contribution in [0.15, 0.2) is 0 Å². The fraction of sp³-hybridized carbons (Fsp3) is 0.909. The van der Waals surface area contributed by atoms with Crippen LogP contribution in [0.5, 0.6) is 0 Å². The van der Waals surface area contributed by atoms with E-state index >= 15 is 0 Å². The summed E-state index contributed by atoms with van der Waals surface area (Å²) in [5, 5.41) is 9.25. The number of thioether (sulfide) groups is 1. The molecular formula is C11H17F3O2S. The van der Waals surface area contributed by atoms with Crippen molar-refractivity contribution >= 4 is 17.7 Å². The predicted molar refractivity (Wildman–Crippen MR) is 60.9 cm³/mol. The van der Waals surface area contributed by atoms with Gasteiger partial charge in [-0.2, -0.15) is 13.2 Å². The molecule has 0 aromatic rings. The zero-order valence-corrected chi connectivity index (χ0v) is 10.4. The number of rotatable bonds is 4. The van der Waals surface area contributed by atoms with Crippen LogP contribution in [0, 0.1) is 5.41 Å². The van der Waals surface area contributed by atoms with Gasteiger partial charge in [-0.15, -0.1) is 0 Å². The van der Waals surface area contributed by atoms with Crippen LogP contribution >= 0.6 is 11.8 Å². The Bertz CT molecular complexity index is 258. The molecule has 0 aromatic carbocycles. The molecular weight excluding hydrogens is 253 g/mol. The number of carboxylic acids is 1. The number of carboxylic acid groups (broad SMARTS) is 1. The summed E-state index contributed by atoms with van der Waals surface area (Å²) in [6, 6.07) is 0. The summed E-state index contributed by atoms with van der Waals surface area (Å²) in [6.07, 6.45) is 4.74. The molecule has 2 nitrogen and oxygen atoms in total. The van der Waals surface area contributed by atoms with Gasteiger partial charge < -0.3 is 5.11 Å². The third kappa shape index (κ3) is 4.77. The van der Waals surface area contributed by atoms with Gasteiger partial charge in [-0.25, -0.2) is 0 Å². The molecule has 0 atom stereocenters. The second-order valence-corrected chi connectivity index (χ2v) is 5.70. The van der Waals surface area contributed by atoms with Crippen molar-refractivity contribution in [2.75, 3.05) is 5.75 Å². The highest BCUT2D eigenvalue weighted by Gasteiger charge is 2.39. The summed E-state index contributed by atoms with van der Waals surface area (Å²) in [5.41, 5.74) is -5.18. The predicted octanol–water partition coefficient (Wildman–Crippen LogP) is 4.05. The Hall–Kier alpha value is -0.390. The van der Waals surface area contributed by atoms with Crippen molar-refractivity contribution in [1.29, 1.82) is 0 Å². The fourth-order valence-electron chi connectivity index (χ4n) is 2.34. The van der Waals surface area contributed by atoms with Crippen molar-refractivity contribution in [2.45, 2.75) is 50.5 Å². The largest absolute Gasteiger partial charge is 0.481 e. The number of hydrogen-bond acceptors (Lipinski definition) is 2. The summed E-state index contributed by atoms with van der Waals surface area (Å²) >= 11 is -0.113. The Balaban J connectivity index is 2.55. The standard InChI is InChI=1S/C11H17F3O2S/c12-11(13,14)17-8-7-10(9(15)16)5-3-1-2-4-6-10/h1-8H2,(H,15,16). The molecule has 0 saturated heterocycles. The highest BCUT2D eigenvalue weighted by atomic mass is 32.2. The van der Waals surface area contributed by atoms with Crippen molar-refractivity contribution in [3.05, 3.63) is 0 Å². The molecule has 0 radical (unpaired) electrons. The lowest BCUT2D eigenvalue weighted by atomic mass is 9.78. The first-order valence-electron chi connectivity index (χ1n) is 5.80. The lowest BCUT2D eigenvalue weighted by Gasteiger charge is -2.27. The zero-order chi connectivity index (χ0) is 12.9. The first-order valence-corrected chi connectivity index (χ1v) is 6.78. The summed E-state index contributed by atoms with van der Waals surface area (Å²) < 4.78 is 36.1. The second-order valence-electron chi connectivity index (χ2n) is 4.54. The molecule has 6 heteroatoms. The molecule has 0 spiro atoms. The summed E-state index contributed by atoms with van der Waals surface area (Å²) in [7, 11) is 0. The smallest absolute Gasteiger partial charge is 0.441 e. The Labute approximate surface area is 103 Å². The number of alkyl halides is 3. The molecule has 100 valence electrons. The van der Waals surface area contributed by atoms with Crippen LogP contribution in [-0.2, 0) is 4.79 Å². The Morgan fingerprint density at radius 1 is 1.18 bits per heavy atom. The number of hydrogen-bond donors (Lipinski definition) is 1. The average Bonchev–Trinajstić information content (AvgIpc) is 2.42. The molecule has 1 saturated carbocycles. The monoisotopic (exact) mass is 270 g/mol. The average molecular weight is 270 g/mol. The Morgan fingerprint density at radius 3 is 2.12 bits per heavy atom. The maximum absolute atomic E-state index is 12.0. The summed E-state index contributed by atoms with van der Waals surface area (Å²) in [5.74, 6) is -1.09. The number of carbonyl (C=O) groups is 1. The van der Waals surface area contributed by atoms with Crippen LogP contribution in [0.3, 0.4) is 0 Å². The molecule has 1 N–H and O–H groups in total. The van der Waals surface area contributed by atoms with Gasteiger partial charge in [0.15, 0.2) is 0 Å². The van der Waals surface area contributed by atoms with Gasteiger partial charge >= 0.3 is 11.5 Å². The number of halogens is 3. The molecule has 1 rings (SSSR count). The minimum atomic E-state index is -4.26. The summed E-state index contributed by atoms with van der Waals surface area (Å²) in [6.45, 7) is 0. The van der Waals surface area contributed by atoms with Crippen LogP contribution in [0.2, 0.25) is 0 Å². The van der Waals surface area contributed by atoms with E-state index in [2.05, 4.69) is 0 Å². The molecule has 0 bridgehead atoms. The van der Waals surface area contributed by atoms with E-state index in [-0.39, 0.29) is 23.9 Å². The van der Waals surface area contributed by atoms with Crippen molar-refractivity contribution < 1.29 is 23.1 Å². The zero-order valence-electron chi connectivity index (χ0n) is 9.55. The van der Waals surface area contributed by atoms with Gasteiger partial charge in [0.1, 0.15) is 0 Å². The minimum absolute atomic E-state index is 0.113. The summed E-state index contributed by atoms with van der Waals surface area (Å²) in [4.78, 5) is 11.3. The van der Waals surface area contributed by atoms with Crippen LogP contribution in [0.4, 0.5) is 13.2 Å². The topological polar surface area (TPSA) is 37.3 Å². The van der Waals surface area contributed by atoms with Gasteiger partial charge in [-0.3, -0.25) is 4.79 Å². The van der Waals surface area contributed by atoms with E-state index in [9.17, 15) is 23.1 Å². The van der Waals surface area contributed by atoms with Gasteiger partial charge in [0.2, 0.25) is 0 Å². The Kier molecular flexibility index (Phi) is 5.16. The normalized spacial score (nSPS) is 20.9. The third-order valence-corrected chi connectivity index (χ3v) is 4.10. The maximum Gasteiger partial charge on any atom is 0.441 e. The molecule has 0 heterocycles. The van der Waals surface area contributed by atoms with E-state index in [1.165, 1.54) is 0 Å². The lowest BCUT2D eigenvalue weighted by Crippen LogP contribution is -2.31. The van der Waals surface area contributed by atoms with Crippen molar-refractivity contribution in [2.24, 2.45) is 5.41 Å². The van der Waals surface area contributed by atoms with Gasteiger partial charge in [0, 0.05) is 5.75 Å². The molecule has 0 unspecified atom stereocenters. The van der Waals surface area contributed by atoms with Crippen molar-refractivity contribution in [1.82, 2.24) is 0 Å². The van der Waals surface area contributed by atoms with E-state index in [1.54, 1.807) is 0 Å².